The second kappa shape index (κ2) is 6.45. The van der Waals surface area contributed by atoms with Crippen molar-refractivity contribution in [1.29, 1.82) is 0 Å². The predicted molar refractivity (Wildman–Crippen MR) is 103 cm³/mol. The molecule has 4 rings (SSSR count). The van der Waals surface area contributed by atoms with Gasteiger partial charge in [-0.15, -0.1) is 0 Å². The van der Waals surface area contributed by atoms with E-state index in [-0.39, 0.29) is 0 Å². The number of aryl methyl sites for hydroxylation is 2. The minimum absolute atomic E-state index is 0.571. The fourth-order valence-electron chi connectivity index (χ4n) is 3.53. The highest BCUT2D eigenvalue weighted by molar-refractivity contribution is 5.82. The van der Waals surface area contributed by atoms with Crippen molar-refractivity contribution in [3.63, 3.8) is 0 Å². The van der Waals surface area contributed by atoms with Gasteiger partial charge in [0.05, 0.1) is 0 Å². The molecular weight excluding hydrogens is 308 g/mol. The van der Waals surface area contributed by atoms with Gasteiger partial charge in [0.25, 0.3) is 0 Å². The molecule has 128 valence electrons. The maximum atomic E-state index is 4.56. The van der Waals surface area contributed by atoms with Crippen LogP contribution in [0.15, 0.2) is 48.5 Å². The average Bonchev–Trinajstić information content (AvgIpc) is 2.52. The quantitative estimate of drug-likeness (QED) is 0.731. The first-order valence-electron chi connectivity index (χ1n) is 8.83. The number of hydrogen-bond acceptors (Lipinski definition) is 4. The highest BCUT2D eigenvalue weighted by Crippen LogP contribution is 2.24. The van der Waals surface area contributed by atoms with E-state index < -0.39 is 0 Å². The molecule has 1 aliphatic rings. The first kappa shape index (κ1) is 16.0. The Morgan fingerprint density at radius 3 is 2.52 bits per heavy atom. The molecule has 1 fully saturated rings. The van der Waals surface area contributed by atoms with E-state index in [2.05, 4.69) is 75.3 Å². The molecule has 3 aromatic rings. The van der Waals surface area contributed by atoms with Crippen molar-refractivity contribution in [3.05, 3.63) is 65.6 Å². The molecule has 1 aromatic heterocycles. The van der Waals surface area contributed by atoms with Crippen molar-refractivity contribution in [1.82, 2.24) is 14.9 Å². The number of hydrogen-bond donors (Lipinski definition) is 0. The fourth-order valence-corrected chi connectivity index (χ4v) is 3.53. The number of rotatable bonds is 4. The van der Waals surface area contributed by atoms with E-state index in [1.54, 1.807) is 0 Å². The monoisotopic (exact) mass is 332 g/mol. The molecule has 1 saturated heterocycles. The van der Waals surface area contributed by atoms with Gasteiger partial charge in [0, 0.05) is 37.4 Å². The Hall–Kier alpha value is -2.46. The zero-order chi connectivity index (χ0) is 17.4. The standard InChI is InChI=1S/C21H24N4/c1-15-10-21(23-16(2)22-15)25-13-20(14-25)24(3)12-17-8-9-18-6-4-5-7-19(18)11-17/h4-11,20H,12-14H2,1-3H3. The van der Waals surface area contributed by atoms with Crippen LogP contribution in [0, 0.1) is 13.8 Å². The summed E-state index contributed by atoms with van der Waals surface area (Å²) < 4.78 is 0. The van der Waals surface area contributed by atoms with E-state index in [0.717, 1.165) is 37.0 Å². The van der Waals surface area contributed by atoms with Crippen molar-refractivity contribution < 1.29 is 0 Å². The molecule has 4 heteroatoms. The van der Waals surface area contributed by atoms with Crippen LogP contribution in [0.1, 0.15) is 17.1 Å². The Morgan fingerprint density at radius 2 is 1.76 bits per heavy atom. The maximum absolute atomic E-state index is 4.56. The van der Waals surface area contributed by atoms with Crippen LogP contribution >= 0.6 is 0 Å². The van der Waals surface area contributed by atoms with Crippen LogP contribution in [-0.4, -0.2) is 41.0 Å². The highest BCUT2D eigenvalue weighted by atomic mass is 15.3. The minimum atomic E-state index is 0.571. The Kier molecular flexibility index (Phi) is 4.14. The summed E-state index contributed by atoms with van der Waals surface area (Å²) in [6, 6.07) is 18.0. The number of benzene rings is 2. The van der Waals surface area contributed by atoms with Crippen LogP contribution in [-0.2, 0) is 6.54 Å². The van der Waals surface area contributed by atoms with E-state index in [9.17, 15) is 0 Å². The fraction of sp³-hybridized carbons (Fsp3) is 0.333. The van der Waals surface area contributed by atoms with Crippen molar-refractivity contribution in [2.45, 2.75) is 26.4 Å². The van der Waals surface area contributed by atoms with Gasteiger partial charge in [0.1, 0.15) is 11.6 Å². The Bertz CT molecular complexity index is 879. The van der Waals surface area contributed by atoms with Gasteiger partial charge in [-0.1, -0.05) is 36.4 Å². The minimum Gasteiger partial charge on any atom is -0.353 e. The third-order valence-electron chi connectivity index (χ3n) is 5.01. The molecule has 0 unspecified atom stereocenters. The van der Waals surface area contributed by atoms with Gasteiger partial charge in [-0.2, -0.15) is 0 Å². The Morgan fingerprint density at radius 1 is 1.00 bits per heavy atom. The number of aromatic nitrogens is 2. The maximum Gasteiger partial charge on any atom is 0.132 e. The number of fused-ring (bicyclic) bond motifs is 1. The zero-order valence-corrected chi connectivity index (χ0v) is 15.1. The second-order valence-corrected chi connectivity index (χ2v) is 7.07. The summed E-state index contributed by atoms with van der Waals surface area (Å²) in [5, 5.41) is 2.62. The van der Waals surface area contributed by atoms with E-state index in [4.69, 9.17) is 0 Å². The molecule has 25 heavy (non-hydrogen) atoms. The molecule has 0 atom stereocenters. The van der Waals surface area contributed by atoms with Gasteiger partial charge in [0.2, 0.25) is 0 Å². The molecule has 2 heterocycles. The van der Waals surface area contributed by atoms with E-state index in [1.165, 1.54) is 16.3 Å². The lowest BCUT2D eigenvalue weighted by Gasteiger charge is -2.44. The molecule has 1 aliphatic heterocycles. The van der Waals surface area contributed by atoms with Crippen molar-refractivity contribution in [2.24, 2.45) is 0 Å². The molecule has 0 N–H and O–H groups in total. The summed E-state index contributed by atoms with van der Waals surface area (Å²) in [5.41, 5.74) is 2.41. The van der Waals surface area contributed by atoms with Crippen molar-refractivity contribution >= 4 is 16.6 Å². The summed E-state index contributed by atoms with van der Waals surface area (Å²) >= 11 is 0. The van der Waals surface area contributed by atoms with Gasteiger partial charge >= 0.3 is 0 Å². The Labute approximate surface area is 149 Å². The van der Waals surface area contributed by atoms with Crippen molar-refractivity contribution in [3.8, 4) is 0 Å². The van der Waals surface area contributed by atoms with E-state index >= 15 is 0 Å². The molecule has 0 aliphatic carbocycles. The Balaban J connectivity index is 1.40. The SMILES string of the molecule is Cc1cc(N2CC(N(C)Cc3ccc4ccccc4c3)C2)nc(C)n1. The lowest BCUT2D eigenvalue weighted by Crippen LogP contribution is -2.58. The second-order valence-electron chi connectivity index (χ2n) is 7.07. The smallest absolute Gasteiger partial charge is 0.132 e. The summed E-state index contributed by atoms with van der Waals surface area (Å²) in [6.07, 6.45) is 0. The van der Waals surface area contributed by atoms with Gasteiger partial charge in [-0.25, -0.2) is 9.97 Å². The molecule has 0 spiro atoms. The predicted octanol–water partition coefficient (Wildman–Crippen LogP) is 3.57. The molecule has 2 aromatic carbocycles. The van der Waals surface area contributed by atoms with Crippen LogP contribution in [0.2, 0.25) is 0 Å². The number of anilines is 1. The van der Waals surface area contributed by atoms with Gasteiger partial charge < -0.3 is 4.90 Å². The van der Waals surface area contributed by atoms with Crippen molar-refractivity contribution in [2.75, 3.05) is 25.0 Å². The van der Waals surface area contributed by atoms with Crippen LogP contribution < -0.4 is 4.90 Å². The van der Waals surface area contributed by atoms with Crippen LogP contribution in [0.5, 0.6) is 0 Å². The van der Waals surface area contributed by atoms with Gasteiger partial charge in [0.15, 0.2) is 0 Å². The number of likely N-dealkylation sites (N-methyl/N-ethyl adjacent to an activating group) is 1. The normalized spacial score (nSPS) is 15.0. The topological polar surface area (TPSA) is 32.3 Å². The lowest BCUT2D eigenvalue weighted by atomic mass is 10.0. The van der Waals surface area contributed by atoms with Gasteiger partial charge in [-0.3, -0.25) is 4.90 Å². The van der Waals surface area contributed by atoms with E-state index in [1.807, 2.05) is 13.8 Å². The zero-order valence-electron chi connectivity index (χ0n) is 15.1. The largest absolute Gasteiger partial charge is 0.353 e. The first-order chi connectivity index (χ1) is 12.1. The lowest BCUT2D eigenvalue weighted by molar-refractivity contribution is 0.197. The van der Waals surface area contributed by atoms with Crippen LogP contribution in [0.25, 0.3) is 10.8 Å². The summed E-state index contributed by atoms with van der Waals surface area (Å²) in [5.74, 6) is 1.91. The third kappa shape index (κ3) is 3.35. The highest BCUT2D eigenvalue weighted by Gasteiger charge is 2.31. The molecule has 0 amide bonds. The molecule has 0 radical (unpaired) electrons. The molecule has 0 saturated carbocycles. The summed E-state index contributed by atoms with van der Waals surface area (Å²) in [4.78, 5) is 13.7. The first-order valence-corrected chi connectivity index (χ1v) is 8.83. The van der Waals surface area contributed by atoms with Crippen LogP contribution in [0.3, 0.4) is 0 Å². The molecule has 4 nitrogen and oxygen atoms in total. The number of nitrogens with zero attached hydrogens (tertiary/aromatic N) is 4. The summed E-state index contributed by atoms with van der Waals surface area (Å²) in [6.45, 7) is 7.02. The van der Waals surface area contributed by atoms with Crippen LogP contribution in [0.4, 0.5) is 5.82 Å². The third-order valence-corrected chi connectivity index (χ3v) is 5.01. The molecular formula is C21H24N4. The van der Waals surface area contributed by atoms with E-state index in [0.29, 0.717) is 6.04 Å². The molecule has 0 bridgehead atoms. The van der Waals surface area contributed by atoms with Gasteiger partial charge in [-0.05, 0) is 43.3 Å². The average molecular weight is 332 g/mol. The summed E-state index contributed by atoms with van der Waals surface area (Å²) in [7, 11) is 2.22.